The van der Waals surface area contributed by atoms with E-state index in [1.165, 1.54) is 0 Å². The largest absolute Gasteiger partial charge is 0.485 e. The number of ether oxygens (including phenoxy) is 1. The molecule has 1 fully saturated rings. The number of fused-ring (bicyclic) bond motifs is 1. The van der Waals surface area contributed by atoms with Crippen LogP contribution in [0.1, 0.15) is 31.4 Å². The van der Waals surface area contributed by atoms with Gasteiger partial charge in [0, 0.05) is 37.0 Å². The van der Waals surface area contributed by atoms with E-state index < -0.39 is 0 Å². The fraction of sp³-hybridized carbons (Fsp3) is 0.571. The van der Waals surface area contributed by atoms with Crippen molar-refractivity contribution in [2.24, 2.45) is 5.73 Å². The maximum Gasteiger partial charge on any atom is 0.125 e. The van der Waals surface area contributed by atoms with Gasteiger partial charge in [-0.2, -0.15) is 0 Å². The summed E-state index contributed by atoms with van der Waals surface area (Å²) in [6.07, 6.45) is 2.00. The molecule has 3 atom stereocenters. The van der Waals surface area contributed by atoms with Gasteiger partial charge in [0.15, 0.2) is 0 Å². The van der Waals surface area contributed by atoms with Crippen molar-refractivity contribution < 1.29 is 4.74 Å². The number of likely N-dealkylation sites (tertiary alicyclic amines) is 1. The number of nitrogens with two attached hydrogens (primary N) is 1. The zero-order chi connectivity index (χ0) is 12.0. The summed E-state index contributed by atoms with van der Waals surface area (Å²) < 4.78 is 6.27. The first-order valence-electron chi connectivity index (χ1n) is 6.33. The Labute approximate surface area is 103 Å². The molecule has 2 unspecified atom stereocenters. The third-order valence-corrected chi connectivity index (χ3v) is 4.19. The summed E-state index contributed by atoms with van der Waals surface area (Å²) in [6, 6.07) is 8.86. The lowest BCUT2D eigenvalue weighted by Crippen LogP contribution is -2.44. The molecule has 2 aliphatic heterocycles. The SMILES string of the molecule is CC1CC2(C[C@H](N)c3ccccc3O2)CN1C. The monoisotopic (exact) mass is 232 g/mol. The molecule has 0 aromatic heterocycles. The molecule has 0 bridgehead atoms. The second-order valence-corrected chi connectivity index (χ2v) is 5.60. The molecule has 0 saturated carbocycles. The molecule has 92 valence electrons. The van der Waals surface area contributed by atoms with Crippen LogP contribution in [0.5, 0.6) is 5.75 Å². The molecule has 1 aromatic rings. The van der Waals surface area contributed by atoms with E-state index in [2.05, 4.69) is 24.9 Å². The fourth-order valence-corrected chi connectivity index (χ4v) is 3.26. The number of rotatable bonds is 0. The van der Waals surface area contributed by atoms with Crippen LogP contribution in [0.4, 0.5) is 0 Å². The van der Waals surface area contributed by atoms with Gasteiger partial charge in [0.2, 0.25) is 0 Å². The van der Waals surface area contributed by atoms with Gasteiger partial charge in [-0.25, -0.2) is 0 Å². The van der Waals surface area contributed by atoms with Gasteiger partial charge < -0.3 is 10.5 Å². The van der Waals surface area contributed by atoms with E-state index in [1.54, 1.807) is 0 Å². The molecule has 1 saturated heterocycles. The fourth-order valence-electron chi connectivity index (χ4n) is 3.26. The normalized spacial score (nSPS) is 36.9. The van der Waals surface area contributed by atoms with Gasteiger partial charge in [0.1, 0.15) is 11.4 Å². The van der Waals surface area contributed by atoms with Gasteiger partial charge in [-0.05, 0) is 20.0 Å². The molecule has 3 heteroatoms. The molecule has 2 N–H and O–H groups in total. The van der Waals surface area contributed by atoms with Crippen LogP contribution < -0.4 is 10.5 Å². The van der Waals surface area contributed by atoms with Crippen molar-refractivity contribution >= 4 is 0 Å². The van der Waals surface area contributed by atoms with Gasteiger partial charge in [-0.1, -0.05) is 18.2 Å². The lowest BCUT2D eigenvalue weighted by molar-refractivity contribution is 0.0463. The Kier molecular flexibility index (Phi) is 2.42. The molecule has 17 heavy (non-hydrogen) atoms. The molecule has 0 aliphatic carbocycles. The molecule has 2 heterocycles. The summed E-state index contributed by atoms with van der Waals surface area (Å²) in [6.45, 7) is 3.24. The van der Waals surface area contributed by atoms with Gasteiger partial charge in [-0.15, -0.1) is 0 Å². The Bertz CT molecular complexity index is 422. The Morgan fingerprint density at radius 2 is 2.12 bits per heavy atom. The molecule has 3 nitrogen and oxygen atoms in total. The molecule has 1 spiro atoms. The van der Waals surface area contributed by atoms with Gasteiger partial charge in [-0.3, -0.25) is 4.90 Å². The Hall–Kier alpha value is -1.06. The van der Waals surface area contributed by atoms with Crippen LogP contribution in [-0.4, -0.2) is 30.1 Å². The Morgan fingerprint density at radius 3 is 2.82 bits per heavy atom. The summed E-state index contributed by atoms with van der Waals surface area (Å²) in [4.78, 5) is 2.36. The minimum atomic E-state index is -0.0675. The second-order valence-electron chi connectivity index (χ2n) is 5.60. The maximum absolute atomic E-state index is 6.29. The third kappa shape index (κ3) is 1.74. The van der Waals surface area contributed by atoms with Crippen LogP contribution in [0.3, 0.4) is 0 Å². The topological polar surface area (TPSA) is 38.5 Å². The predicted octanol–water partition coefficient (Wildman–Crippen LogP) is 1.93. The van der Waals surface area contributed by atoms with E-state index in [9.17, 15) is 0 Å². The highest BCUT2D eigenvalue weighted by atomic mass is 16.5. The van der Waals surface area contributed by atoms with Crippen LogP contribution in [0.25, 0.3) is 0 Å². The summed E-state index contributed by atoms with van der Waals surface area (Å²) in [7, 11) is 2.16. The van der Waals surface area contributed by atoms with E-state index in [-0.39, 0.29) is 11.6 Å². The average molecular weight is 232 g/mol. The second kappa shape index (κ2) is 3.72. The molecule has 2 aliphatic rings. The number of benzene rings is 1. The van der Waals surface area contributed by atoms with E-state index in [4.69, 9.17) is 10.5 Å². The van der Waals surface area contributed by atoms with Crippen molar-refractivity contribution in [3.05, 3.63) is 29.8 Å². The van der Waals surface area contributed by atoms with Crippen LogP contribution in [0.2, 0.25) is 0 Å². The van der Waals surface area contributed by atoms with Crippen molar-refractivity contribution in [1.82, 2.24) is 4.90 Å². The average Bonchev–Trinajstić information content (AvgIpc) is 2.53. The molecular weight excluding hydrogens is 212 g/mol. The van der Waals surface area contributed by atoms with Crippen LogP contribution in [-0.2, 0) is 0 Å². The Morgan fingerprint density at radius 1 is 1.35 bits per heavy atom. The summed E-state index contributed by atoms with van der Waals surface area (Å²) >= 11 is 0. The zero-order valence-electron chi connectivity index (χ0n) is 10.5. The van der Waals surface area contributed by atoms with Crippen molar-refractivity contribution in [3.8, 4) is 5.75 Å². The van der Waals surface area contributed by atoms with E-state index in [0.717, 1.165) is 30.7 Å². The minimum absolute atomic E-state index is 0.0675. The highest BCUT2D eigenvalue weighted by Gasteiger charge is 2.46. The van der Waals surface area contributed by atoms with Gasteiger partial charge in [0.05, 0.1) is 0 Å². The summed E-state index contributed by atoms with van der Waals surface area (Å²) in [5, 5.41) is 0. The molecule has 0 amide bonds. The molecule has 3 rings (SSSR count). The van der Waals surface area contributed by atoms with Crippen LogP contribution in [0, 0.1) is 0 Å². The Balaban J connectivity index is 1.94. The predicted molar refractivity (Wildman–Crippen MR) is 68.1 cm³/mol. The highest BCUT2D eigenvalue weighted by Crippen LogP contribution is 2.43. The molecule has 1 aromatic carbocycles. The third-order valence-electron chi connectivity index (χ3n) is 4.19. The maximum atomic E-state index is 6.29. The number of hydrogen-bond acceptors (Lipinski definition) is 3. The van der Waals surface area contributed by atoms with Crippen LogP contribution in [0.15, 0.2) is 24.3 Å². The minimum Gasteiger partial charge on any atom is -0.485 e. The van der Waals surface area contributed by atoms with E-state index >= 15 is 0 Å². The smallest absolute Gasteiger partial charge is 0.125 e. The number of nitrogens with zero attached hydrogens (tertiary/aromatic N) is 1. The number of hydrogen-bond donors (Lipinski definition) is 1. The number of para-hydroxylation sites is 1. The van der Waals surface area contributed by atoms with Crippen molar-refractivity contribution in [1.29, 1.82) is 0 Å². The lowest BCUT2D eigenvalue weighted by Gasteiger charge is -2.38. The standard InChI is InChI=1S/C14H20N2O/c1-10-7-14(9-16(10)2)8-12(15)11-5-3-4-6-13(11)17-14/h3-6,10,12H,7-9,15H2,1-2H3/t10?,12-,14?/m0/s1. The van der Waals surface area contributed by atoms with Gasteiger partial charge >= 0.3 is 0 Å². The highest BCUT2D eigenvalue weighted by molar-refractivity contribution is 5.39. The summed E-state index contributed by atoms with van der Waals surface area (Å²) in [5.74, 6) is 0.980. The first kappa shape index (κ1) is 11.1. The first-order valence-corrected chi connectivity index (χ1v) is 6.33. The van der Waals surface area contributed by atoms with Crippen molar-refractivity contribution in [2.75, 3.05) is 13.6 Å². The quantitative estimate of drug-likeness (QED) is 0.743. The molecule has 0 radical (unpaired) electrons. The van der Waals surface area contributed by atoms with Crippen molar-refractivity contribution in [3.63, 3.8) is 0 Å². The van der Waals surface area contributed by atoms with E-state index in [1.807, 2.05) is 18.2 Å². The van der Waals surface area contributed by atoms with Crippen LogP contribution >= 0.6 is 0 Å². The first-order chi connectivity index (χ1) is 8.10. The number of likely N-dealkylation sites (N-methyl/N-ethyl adjacent to an activating group) is 1. The zero-order valence-corrected chi connectivity index (χ0v) is 10.5. The van der Waals surface area contributed by atoms with Crippen molar-refractivity contribution in [2.45, 2.75) is 37.5 Å². The van der Waals surface area contributed by atoms with E-state index in [0.29, 0.717) is 6.04 Å². The molecular formula is C14H20N2O. The van der Waals surface area contributed by atoms with Gasteiger partial charge in [0.25, 0.3) is 0 Å². The summed E-state index contributed by atoms with van der Waals surface area (Å²) in [5.41, 5.74) is 7.38. The lowest BCUT2D eigenvalue weighted by atomic mass is 9.86.